The van der Waals surface area contributed by atoms with Gasteiger partial charge < -0.3 is 14.6 Å². The number of carboxylic acids is 1. The molecule has 1 amide bonds. The lowest BCUT2D eigenvalue weighted by Crippen LogP contribution is -2.24. The maximum atomic E-state index is 11.9. The van der Waals surface area contributed by atoms with Gasteiger partial charge in [-0.25, -0.2) is 10.2 Å². The van der Waals surface area contributed by atoms with E-state index in [1.165, 1.54) is 6.21 Å². The fraction of sp³-hybridized carbons (Fsp3) is 0.167. The molecule has 9 heteroatoms. The molecule has 7 nitrogen and oxygen atoms in total. The minimum Gasteiger partial charge on any atom is -0.481 e. The molecule has 0 radical (unpaired) electrons. The van der Waals surface area contributed by atoms with Crippen molar-refractivity contribution < 1.29 is 24.2 Å². The number of nitrogens with zero attached hydrogens (tertiary/aromatic N) is 1. The molecule has 2 aromatic carbocycles. The molecule has 0 aliphatic heterocycles. The number of ether oxygens (including phenoxy) is 2. The minimum atomic E-state index is -1.08. The summed E-state index contributed by atoms with van der Waals surface area (Å²) in [4.78, 5) is 22.5. The Hall–Kier alpha value is -2.39. The molecule has 2 N–H and O–H groups in total. The zero-order valence-corrected chi connectivity index (χ0v) is 17.4. The molecule has 0 saturated carbocycles. The number of carbonyl (C=O) groups excluding carboxylic acids is 1. The van der Waals surface area contributed by atoms with Crippen molar-refractivity contribution in [3.05, 3.63) is 56.5 Å². The maximum Gasteiger partial charge on any atom is 0.341 e. The summed E-state index contributed by atoms with van der Waals surface area (Å²) in [6, 6.07) is 10.5. The van der Waals surface area contributed by atoms with Crippen LogP contribution in [0.3, 0.4) is 0 Å². The van der Waals surface area contributed by atoms with E-state index in [0.29, 0.717) is 17.1 Å². The van der Waals surface area contributed by atoms with Crippen molar-refractivity contribution in [2.24, 2.45) is 5.10 Å². The molecule has 27 heavy (non-hydrogen) atoms. The van der Waals surface area contributed by atoms with Gasteiger partial charge in [0.25, 0.3) is 5.91 Å². The highest BCUT2D eigenvalue weighted by molar-refractivity contribution is 9.11. The molecule has 2 aromatic rings. The quantitative estimate of drug-likeness (QED) is 0.428. The van der Waals surface area contributed by atoms with Crippen LogP contribution in [-0.4, -0.2) is 36.4 Å². The minimum absolute atomic E-state index is 0.227. The van der Waals surface area contributed by atoms with Gasteiger partial charge >= 0.3 is 5.97 Å². The Kier molecular flexibility index (Phi) is 7.81. The van der Waals surface area contributed by atoms with Crippen molar-refractivity contribution >= 4 is 50.0 Å². The van der Waals surface area contributed by atoms with Crippen LogP contribution in [0.1, 0.15) is 11.1 Å². The van der Waals surface area contributed by atoms with Crippen LogP contribution in [0.2, 0.25) is 0 Å². The number of aryl methyl sites for hydroxylation is 1. The van der Waals surface area contributed by atoms with Gasteiger partial charge in [-0.1, -0.05) is 12.1 Å². The van der Waals surface area contributed by atoms with Crippen LogP contribution >= 0.6 is 31.9 Å². The van der Waals surface area contributed by atoms with E-state index in [-0.39, 0.29) is 6.61 Å². The standard InChI is InChI=1S/C18H16Br2N2O5/c1-11-6-13(19)18(14(20)7-11)27-9-16(23)22-21-8-12-4-2-3-5-15(12)26-10-17(24)25/h2-8H,9-10H2,1H3,(H,22,23)(H,24,25)/b21-8+. The van der Waals surface area contributed by atoms with Gasteiger partial charge in [-0.3, -0.25) is 4.79 Å². The van der Waals surface area contributed by atoms with Crippen LogP contribution in [-0.2, 0) is 9.59 Å². The number of halogens is 2. The van der Waals surface area contributed by atoms with Crippen LogP contribution in [0.25, 0.3) is 0 Å². The lowest BCUT2D eigenvalue weighted by atomic mass is 10.2. The number of hydrogen-bond acceptors (Lipinski definition) is 5. The van der Waals surface area contributed by atoms with Gasteiger partial charge in [0, 0.05) is 5.56 Å². The molecule has 0 aliphatic rings. The van der Waals surface area contributed by atoms with Crippen molar-refractivity contribution in [1.29, 1.82) is 0 Å². The Morgan fingerprint density at radius 3 is 2.48 bits per heavy atom. The van der Waals surface area contributed by atoms with Crippen LogP contribution < -0.4 is 14.9 Å². The van der Waals surface area contributed by atoms with Crippen molar-refractivity contribution in [2.45, 2.75) is 6.92 Å². The first-order valence-corrected chi connectivity index (χ1v) is 9.29. The second-order valence-corrected chi connectivity index (χ2v) is 7.07. The summed E-state index contributed by atoms with van der Waals surface area (Å²) in [5, 5.41) is 12.5. The van der Waals surface area contributed by atoms with E-state index >= 15 is 0 Å². The third-order valence-electron chi connectivity index (χ3n) is 3.15. The SMILES string of the molecule is Cc1cc(Br)c(OCC(=O)N/N=C/c2ccccc2OCC(=O)O)c(Br)c1. The van der Waals surface area contributed by atoms with Crippen LogP contribution in [0.4, 0.5) is 0 Å². The number of aliphatic carboxylic acids is 1. The summed E-state index contributed by atoms with van der Waals surface area (Å²) in [5.74, 6) is -0.663. The normalized spacial score (nSPS) is 10.6. The third-order valence-corrected chi connectivity index (χ3v) is 4.33. The second kappa shape index (κ2) is 10.1. The number of benzene rings is 2. The molecule has 0 fully saturated rings. The Balaban J connectivity index is 1.92. The monoisotopic (exact) mass is 498 g/mol. The first-order chi connectivity index (χ1) is 12.9. The van der Waals surface area contributed by atoms with E-state index in [1.54, 1.807) is 24.3 Å². The summed E-state index contributed by atoms with van der Waals surface area (Å²) < 4.78 is 12.1. The van der Waals surface area contributed by atoms with E-state index in [9.17, 15) is 9.59 Å². The first kappa shape index (κ1) is 20.9. The number of carboxylic acid groups (broad SMARTS) is 1. The van der Waals surface area contributed by atoms with Gasteiger partial charge in [-0.05, 0) is 68.6 Å². The summed E-state index contributed by atoms with van der Waals surface area (Å²) in [6.45, 7) is 1.25. The number of rotatable bonds is 8. The molecule has 142 valence electrons. The van der Waals surface area contributed by atoms with E-state index < -0.39 is 18.5 Å². The van der Waals surface area contributed by atoms with E-state index in [2.05, 4.69) is 42.4 Å². The van der Waals surface area contributed by atoms with Crippen LogP contribution in [0.15, 0.2) is 50.4 Å². The Labute approximate surface area is 172 Å². The number of para-hydroxylation sites is 1. The predicted octanol–water partition coefficient (Wildman–Crippen LogP) is 3.51. The predicted molar refractivity (Wildman–Crippen MR) is 107 cm³/mol. The molecular weight excluding hydrogens is 484 g/mol. The largest absolute Gasteiger partial charge is 0.481 e. The summed E-state index contributed by atoms with van der Waals surface area (Å²) in [6.07, 6.45) is 1.37. The Morgan fingerprint density at radius 2 is 1.81 bits per heavy atom. The summed E-state index contributed by atoms with van der Waals surface area (Å²) in [5.41, 5.74) is 3.92. The zero-order valence-electron chi connectivity index (χ0n) is 14.2. The molecule has 0 aliphatic carbocycles. The first-order valence-electron chi connectivity index (χ1n) is 7.71. The number of hydrogen-bond donors (Lipinski definition) is 2. The van der Waals surface area contributed by atoms with Gasteiger partial charge in [0.15, 0.2) is 13.2 Å². The molecule has 0 aromatic heterocycles. The number of hydrazone groups is 1. The molecule has 0 unspecified atom stereocenters. The average molecular weight is 500 g/mol. The van der Waals surface area contributed by atoms with E-state index in [4.69, 9.17) is 14.6 Å². The highest BCUT2D eigenvalue weighted by atomic mass is 79.9. The molecule has 0 spiro atoms. The van der Waals surface area contributed by atoms with Gasteiger partial charge in [-0.2, -0.15) is 5.10 Å². The fourth-order valence-corrected chi connectivity index (χ4v) is 3.67. The van der Waals surface area contributed by atoms with Gasteiger partial charge in [0.1, 0.15) is 11.5 Å². The highest BCUT2D eigenvalue weighted by Crippen LogP contribution is 2.34. The van der Waals surface area contributed by atoms with E-state index in [1.807, 2.05) is 19.1 Å². The fourth-order valence-electron chi connectivity index (χ4n) is 2.03. The molecular formula is C18H16Br2N2O5. The topological polar surface area (TPSA) is 97.2 Å². The number of nitrogens with one attached hydrogen (secondary N) is 1. The van der Waals surface area contributed by atoms with Crippen molar-refractivity contribution in [2.75, 3.05) is 13.2 Å². The highest BCUT2D eigenvalue weighted by Gasteiger charge is 2.10. The molecule has 0 saturated heterocycles. The summed E-state index contributed by atoms with van der Waals surface area (Å²) >= 11 is 6.78. The van der Waals surface area contributed by atoms with Gasteiger partial charge in [-0.15, -0.1) is 0 Å². The number of carbonyl (C=O) groups is 2. The second-order valence-electron chi connectivity index (χ2n) is 5.36. The van der Waals surface area contributed by atoms with Crippen molar-refractivity contribution in [3.8, 4) is 11.5 Å². The zero-order chi connectivity index (χ0) is 19.8. The van der Waals surface area contributed by atoms with Crippen LogP contribution in [0, 0.1) is 6.92 Å². The molecule has 0 atom stereocenters. The molecule has 2 rings (SSSR count). The Bertz CT molecular complexity index is 848. The van der Waals surface area contributed by atoms with Crippen LogP contribution in [0.5, 0.6) is 11.5 Å². The molecule has 0 heterocycles. The number of amides is 1. The van der Waals surface area contributed by atoms with Gasteiger partial charge in [0.2, 0.25) is 0 Å². The van der Waals surface area contributed by atoms with Crippen molar-refractivity contribution in [3.63, 3.8) is 0 Å². The average Bonchev–Trinajstić information content (AvgIpc) is 2.60. The van der Waals surface area contributed by atoms with E-state index in [0.717, 1.165) is 14.5 Å². The van der Waals surface area contributed by atoms with Crippen molar-refractivity contribution in [1.82, 2.24) is 5.43 Å². The van der Waals surface area contributed by atoms with Gasteiger partial charge in [0.05, 0.1) is 15.2 Å². The lowest BCUT2D eigenvalue weighted by molar-refractivity contribution is -0.139. The lowest BCUT2D eigenvalue weighted by Gasteiger charge is -2.10. The Morgan fingerprint density at radius 1 is 1.15 bits per heavy atom. The third kappa shape index (κ3) is 6.69. The summed E-state index contributed by atoms with van der Waals surface area (Å²) in [7, 11) is 0. The molecule has 0 bridgehead atoms. The maximum absolute atomic E-state index is 11.9. The smallest absolute Gasteiger partial charge is 0.341 e.